The SMILES string of the molecule is CC(C)S(=O)(=O)c1ccc(CC(=O)Nc2sc3c(c2C(N)=O)CCC3)cc1. The first-order valence-corrected chi connectivity index (χ1v) is 11.1. The van der Waals surface area contributed by atoms with Crippen LogP contribution >= 0.6 is 11.3 Å². The van der Waals surface area contributed by atoms with Crippen LogP contribution in [0.4, 0.5) is 5.00 Å². The van der Waals surface area contributed by atoms with E-state index in [1.165, 1.54) is 23.5 Å². The van der Waals surface area contributed by atoms with Crippen molar-refractivity contribution < 1.29 is 18.0 Å². The molecule has 0 bridgehead atoms. The zero-order valence-corrected chi connectivity index (χ0v) is 16.9. The van der Waals surface area contributed by atoms with Gasteiger partial charge in [-0.05, 0) is 56.4 Å². The van der Waals surface area contributed by atoms with Gasteiger partial charge in [-0.2, -0.15) is 0 Å². The van der Waals surface area contributed by atoms with Gasteiger partial charge in [0.25, 0.3) is 5.91 Å². The van der Waals surface area contributed by atoms with Crippen LogP contribution < -0.4 is 11.1 Å². The molecule has 0 fully saturated rings. The van der Waals surface area contributed by atoms with Crippen molar-refractivity contribution in [3.8, 4) is 0 Å². The molecule has 144 valence electrons. The number of amides is 2. The lowest BCUT2D eigenvalue weighted by molar-refractivity contribution is -0.115. The summed E-state index contributed by atoms with van der Waals surface area (Å²) >= 11 is 1.41. The number of carbonyl (C=O) groups excluding carboxylic acids is 2. The van der Waals surface area contributed by atoms with Crippen LogP contribution in [0, 0.1) is 0 Å². The molecular formula is C19H22N2O4S2. The van der Waals surface area contributed by atoms with Crippen LogP contribution in [-0.2, 0) is 33.9 Å². The molecule has 0 spiro atoms. The molecule has 0 saturated carbocycles. The van der Waals surface area contributed by atoms with Crippen LogP contribution in [0.25, 0.3) is 0 Å². The normalized spacial score (nSPS) is 13.6. The minimum absolute atomic E-state index is 0.0861. The Kier molecular flexibility index (Phi) is 5.39. The van der Waals surface area contributed by atoms with Crippen LogP contribution in [0.15, 0.2) is 29.2 Å². The summed E-state index contributed by atoms with van der Waals surface area (Å²) in [6.07, 6.45) is 2.80. The highest BCUT2D eigenvalue weighted by atomic mass is 32.2. The van der Waals surface area contributed by atoms with Crippen molar-refractivity contribution in [3.05, 3.63) is 45.8 Å². The van der Waals surface area contributed by atoms with Crippen molar-refractivity contribution in [2.45, 2.75) is 49.7 Å². The van der Waals surface area contributed by atoms with Gasteiger partial charge in [-0.3, -0.25) is 9.59 Å². The molecule has 1 heterocycles. The van der Waals surface area contributed by atoms with E-state index in [-0.39, 0.29) is 17.2 Å². The average molecular weight is 407 g/mol. The fourth-order valence-electron chi connectivity index (χ4n) is 3.18. The predicted octanol–water partition coefficient (Wildman–Crippen LogP) is 2.70. The number of hydrogen-bond donors (Lipinski definition) is 2. The van der Waals surface area contributed by atoms with Gasteiger partial charge >= 0.3 is 0 Å². The number of benzene rings is 1. The van der Waals surface area contributed by atoms with Crippen LogP contribution in [0.2, 0.25) is 0 Å². The maximum absolute atomic E-state index is 12.4. The lowest BCUT2D eigenvalue weighted by Crippen LogP contribution is -2.19. The first-order valence-electron chi connectivity index (χ1n) is 8.77. The smallest absolute Gasteiger partial charge is 0.251 e. The number of carbonyl (C=O) groups is 2. The van der Waals surface area contributed by atoms with Crippen LogP contribution in [0.5, 0.6) is 0 Å². The molecule has 1 aliphatic carbocycles. The molecule has 2 aromatic rings. The fraction of sp³-hybridized carbons (Fsp3) is 0.368. The van der Waals surface area contributed by atoms with Crippen LogP contribution in [0.1, 0.15) is 46.6 Å². The first kappa shape index (κ1) is 19.6. The monoisotopic (exact) mass is 406 g/mol. The van der Waals surface area contributed by atoms with E-state index in [1.807, 2.05) is 0 Å². The predicted molar refractivity (Wildman–Crippen MR) is 106 cm³/mol. The number of aryl methyl sites for hydroxylation is 1. The van der Waals surface area contributed by atoms with Crippen molar-refractivity contribution >= 4 is 38.0 Å². The molecule has 0 radical (unpaired) electrons. The quantitative estimate of drug-likeness (QED) is 0.769. The molecule has 6 nitrogen and oxygen atoms in total. The van der Waals surface area contributed by atoms with Crippen molar-refractivity contribution in [1.82, 2.24) is 0 Å². The van der Waals surface area contributed by atoms with E-state index in [0.717, 1.165) is 29.7 Å². The highest BCUT2D eigenvalue weighted by Gasteiger charge is 2.26. The highest BCUT2D eigenvalue weighted by molar-refractivity contribution is 7.92. The summed E-state index contributed by atoms with van der Waals surface area (Å²) in [5.41, 5.74) is 7.59. The van der Waals surface area contributed by atoms with E-state index in [2.05, 4.69) is 5.32 Å². The zero-order valence-electron chi connectivity index (χ0n) is 15.2. The van der Waals surface area contributed by atoms with Crippen molar-refractivity contribution in [2.75, 3.05) is 5.32 Å². The molecule has 27 heavy (non-hydrogen) atoms. The minimum atomic E-state index is -3.33. The first-order chi connectivity index (χ1) is 12.7. The lowest BCUT2D eigenvalue weighted by atomic mass is 10.1. The van der Waals surface area contributed by atoms with Gasteiger partial charge in [0.1, 0.15) is 5.00 Å². The Bertz CT molecular complexity index is 989. The summed E-state index contributed by atoms with van der Waals surface area (Å²) in [5.74, 6) is -0.787. The molecule has 0 unspecified atom stereocenters. The Balaban J connectivity index is 1.73. The van der Waals surface area contributed by atoms with E-state index in [1.54, 1.807) is 26.0 Å². The number of nitrogens with two attached hydrogens (primary N) is 1. The van der Waals surface area contributed by atoms with Gasteiger partial charge in [0.05, 0.1) is 22.1 Å². The molecule has 1 aromatic heterocycles. The van der Waals surface area contributed by atoms with Gasteiger partial charge in [-0.15, -0.1) is 11.3 Å². The number of fused-ring (bicyclic) bond motifs is 1. The Morgan fingerprint density at radius 3 is 2.44 bits per heavy atom. The number of sulfone groups is 1. The van der Waals surface area contributed by atoms with Crippen LogP contribution in [-0.4, -0.2) is 25.5 Å². The summed E-state index contributed by atoms with van der Waals surface area (Å²) in [6, 6.07) is 6.31. The number of nitrogens with one attached hydrogen (secondary N) is 1. The fourth-order valence-corrected chi connectivity index (χ4v) is 5.55. The summed E-state index contributed by atoms with van der Waals surface area (Å²) in [4.78, 5) is 25.5. The minimum Gasteiger partial charge on any atom is -0.365 e. The molecule has 0 aliphatic heterocycles. The second kappa shape index (κ2) is 7.44. The third-order valence-electron chi connectivity index (χ3n) is 4.66. The van der Waals surface area contributed by atoms with Gasteiger partial charge < -0.3 is 11.1 Å². The van der Waals surface area contributed by atoms with Gasteiger partial charge in [-0.25, -0.2) is 8.42 Å². The Hall–Kier alpha value is -2.19. The van der Waals surface area contributed by atoms with Gasteiger partial charge in [0, 0.05) is 4.88 Å². The Morgan fingerprint density at radius 1 is 1.19 bits per heavy atom. The van der Waals surface area contributed by atoms with E-state index in [4.69, 9.17) is 5.73 Å². The molecule has 2 amide bonds. The van der Waals surface area contributed by atoms with Gasteiger partial charge in [0.2, 0.25) is 5.91 Å². The lowest BCUT2D eigenvalue weighted by Gasteiger charge is -2.09. The Labute approximate surface area is 162 Å². The summed E-state index contributed by atoms with van der Waals surface area (Å²) in [6.45, 7) is 3.26. The summed E-state index contributed by atoms with van der Waals surface area (Å²) in [7, 11) is -3.33. The number of anilines is 1. The number of rotatable bonds is 6. The molecule has 8 heteroatoms. The number of hydrogen-bond acceptors (Lipinski definition) is 5. The third kappa shape index (κ3) is 3.91. The standard InChI is InChI=1S/C19H22N2O4S2/c1-11(2)27(24,25)13-8-6-12(7-9-13)10-16(22)21-19-17(18(20)23)14-4-3-5-15(14)26-19/h6-9,11H,3-5,10H2,1-2H3,(H2,20,23)(H,21,22). The molecule has 0 atom stereocenters. The molecule has 1 aromatic carbocycles. The molecule has 3 N–H and O–H groups in total. The van der Waals surface area contributed by atoms with Crippen molar-refractivity contribution in [3.63, 3.8) is 0 Å². The molecular weight excluding hydrogens is 384 g/mol. The maximum atomic E-state index is 12.4. The zero-order chi connectivity index (χ0) is 19.8. The summed E-state index contributed by atoms with van der Waals surface area (Å²) < 4.78 is 24.3. The van der Waals surface area contributed by atoms with E-state index in [9.17, 15) is 18.0 Å². The van der Waals surface area contributed by atoms with E-state index < -0.39 is 21.0 Å². The molecule has 0 saturated heterocycles. The van der Waals surface area contributed by atoms with E-state index >= 15 is 0 Å². The second-order valence-corrected chi connectivity index (χ2v) is 10.5. The van der Waals surface area contributed by atoms with Crippen LogP contribution in [0.3, 0.4) is 0 Å². The third-order valence-corrected chi connectivity index (χ3v) is 8.04. The molecule has 3 rings (SSSR count). The number of thiophene rings is 1. The highest BCUT2D eigenvalue weighted by Crippen LogP contribution is 2.38. The van der Waals surface area contributed by atoms with E-state index in [0.29, 0.717) is 16.1 Å². The van der Waals surface area contributed by atoms with Gasteiger partial charge in [-0.1, -0.05) is 12.1 Å². The molecule has 1 aliphatic rings. The summed E-state index contributed by atoms with van der Waals surface area (Å²) in [5, 5.41) is 2.80. The second-order valence-electron chi connectivity index (χ2n) is 6.89. The largest absolute Gasteiger partial charge is 0.365 e. The average Bonchev–Trinajstić information content (AvgIpc) is 3.15. The Morgan fingerprint density at radius 2 is 1.85 bits per heavy atom. The topological polar surface area (TPSA) is 106 Å². The maximum Gasteiger partial charge on any atom is 0.251 e. The van der Waals surface area contributed by atoms with Crippen molar-refractivity contribution in [2.24, 2.45) is 5.73 Å². The van der Waals surface area contributed by atoms with Crippen molar-refractivity contribution in [1.29, 1.82) is 0 Å². The number of primary amides is 1. The van der Waals surface area contributed by atoms with Gasteiger partial charge in [0.15, 0.2) is 9.84 Å².